The van der Waals surface area contributed by atoms with Crippen LogP contribution in [-0.4, -0.2) is 52.0 Å². The lowest BCUT2D eigenvalue weighted by atomic mass is 10.0. The number of fused-ring (bicyclic) bond motifs is 1. The Bertz CT molecular complexity index is 1310. The van der Waals surface area contributed by atoms with Crippen molar-refractivity contribution in [1.82, 2.24) is 19.9 Å². The smallest absolute Gasteiger partial charge is 0.244 e. The second kappa shape index (κ2) is 8.69. The Balaban J connectivity index is 1.05. The SMILES string of the molecule is CC(c1nc(-c2ccccc2)no1)N1CCN(C(=O)C2CC2c2ccc3ccccc3c2)CC1. The van der Waals surface area contributed by atoms with Gasteiger partial charge in [0, 0.05) is 37.7 Å². The summed E-state index contributed by atoms with van der Waals surface area (Å²) < 4.78 is 5.57. The Kier molecular flexibility index (Phi) is 5.38. The number of rotatable bonds is 5. The third kappa shape index (κ3) is 3.99. The average molecular weight is 453 g/mol. The molecule has 2 fully saturated rings. The summed E-state index contributed by atoms with van der Waals surface area (Å²) in [6.07, 6.45) is 0.956. The van der Waals surface area contributed by atoms with E-state index in [0.717, 1.165) is 38.2 Å². The van der Waals surface area contributed by atoms with E-state index in [1.807, 2.05) is 35.2 Å². The van der Waals surface area contributed by atoms with Crippen LogP contribution in [0.4, 0.5) is 0 Å². The number of amides is 1. The molecule has 2 heterocycles. The van der Waals surface area contributed by atoms with Crippen molar-refractivity contribution in [3.63, 3.8) is 0 Å². The molecular weight excluding hydrogens is 424 g/mol. The van der Waals surface area contributed by atoms with Crippen molar-refractivity contribution in [1.29, 1.82) is 0 Å². The first-order valence-corrected chi connectivity index (χ1v) is 12.1. The molecule has 0 N–H and O–H groups in total. The van der Waals surface area contributed by atoms with Crippen molar-refractivity contribution in [2.45, 2.75) is 25.3 Å². The van der Waals surface area contributed by atoms with E-state index in [0.29, 0.717) is 23.5 Å². The number of carbonyl (C=O) groups excluding carboxylic acids is 1. The second-order valence-corrected chi connectivity index (χ2v) is 9.41. The summed E-state index contributed by atoms with van der Waals surface area (Å²) in [5.74, 6) is 2.01. The Hall–Kier alpha value is -3.51. The second-order valence-electron chi connectivity index (χ2n) is 9.41. The molecule has 1 saturated heterocycles. The summed E-state index contributed by atoms with van der Waals surface area (Å²) in [7, 11) is 0. The fraction of sp³-hybridized carbons (Fsp3) is 0.321. The van der Waals surface area contributed by atoms with Crippen LogP contribution in [0, 0.1) is 5.92 Å². The van der Waals surface area contributed by atoms with Gasteiger partial charge in [-0.15, -0.1) is 0 Å². The van der Waals surface area contributed by atoms with E-state index in [9.17, 15) is 4.79 Å². The molecule has 2 aliphatic rings. The summed E-state index contributed by atoms with van der Waals surface area (Å²) in [6, 6.07) is 24.9. The van der Waals surface area contributed by atoms with Crippen molar-refractivity contribution in [3.8, 4) is 11.4 Å². The minimum Gasteiger partial charge on any atom is -0.340 e. The van der Waals surface area contributed by atoms with Gasteiger partial charge in [-0.2, -0.15) is 4.98 Å². The van der Waals surface area contributed by atoms with Gasteiger partial charge in [0.05, 0.1) is 6.04 Å². The van der Waals surface area contributed by atoms with E-state index < -0.39 is 0 Å². The number of carbonyl (C=O) groups is 1. The molecule has 6 rings (SSSR count). The number of hydrogen-bond acceptors (Lipinski definition) is 5. The van der Waals surface area contributed by atoms with Crippen LogP contribution in [0.2, 0.25) is 0 Å². The number of benzene rings is 3. The van der Waals surface area contributed by atoms with E-state index in [4.69, 9.17) is 4.52 Å². The molecule has 6 nitrogen and oxygen atoms in total. The monoisotopic (exact) mass is 452 g/mol. The van der Waals surface area contributed by atoms with Crippen LogP contribution in [0.5, 0.6) is 0 Å². The molecule has 1 amide bonds. The van der Waals surface area contributed by atoms with Gasteiger partial charge in [-0.1, -0.05) is 78.0 Å². The van der Waals surface area contributed by atoms with Gasteiger partial charge in [0.15, 0.2) is 0 Å². The van der Waals surface area contributed by atoms with Crippen molar-refractivity contribution >= 4 is 16.7 Å². The highest BCUT2D eigenvalue weighted by molar-refractivity contribution is 5.86. The summed E-state index contributed by atoms with van der Waals surface area (Å²) in [6.45, 7) is 5.19. The largest absolute Gasteiger partial charge is 0.340 e. The van der Waals surface area contributed by atoms with Crippen LogP contribution in [0.15, 0.2) is 77.3 Å². The number of hydrogen-bond donors (Lipinski definition) is 0. The van der Waals surface area contributed by atoms with Gasteiger partial charge in [0.1, 0.15) is 0 Å². The minimum absolute atomic E-state index is 0.0217. The summed E-state index contributed by atoms with van der Waals surface area (Å²) in [5.41, 5.74) is 2.24. The average Bonchev–Trinajstić information content (AvgIpc) is 3.55. The lowest BCUT2D eigenvalue weighted by Crippen LogP contribution is -2.49. The van der Waals surface area contributed by atoms with Crippen LogP contribution < -0.4 is 0 Å². The standard InChI is InChI=1S/C28H28N4O2/c1-19(27-29-26(30-34-27)21-8-3-2-4-9-21)31-13-15-32(16-14-31)28(33)25-18-24(25)23-12-11-20-7-5-6-10-22(20)17-23/h2-12,17,19,24-25H,13-16,18H2,1H3. The first kappa shape index (κ1) is 21.1. The zero-order chi connectivity index (χ0) is 23.1. The Labute approximate surface area is 199 Å². The van der Waals surface area contributed by atoms with Crippen LogP contribution in [0.3, 0.4) is 0 Å². The van der Waals surface area contributed by atoms with E-state index in [1.54, 1.807) is 0 Å². The maximum atomic E-state index is 13.2. The van der Waals surface area contributed by atoms with Gasteiger partial charge in [-0.25, -0.2) is 0 Å². The molecule has 0 radical (unpaired) electrons. The third-order valence-corrected chi connectivity index (χ3v) is 7.31. The molecule has 3 atom stereocenters. The molecule has 1 aromatic heterocycles. The molecule has 3 unspecified atom stereocenters. The van der Waals surface area contributed by atoms with Gasteiger partial charge in [0.25, 0.3) is 0 Å². The summed E-state index contributed by atoms with van der Waals surface area (Å²) >= 11 is 0. The topological polar surface area (TPSA) is 62.5 Å². The van der Waals surface area contributed by atoms with Crippen molar-refractivity contribution in [2.75, 3.05) is 26.2 Å². The molecule has 34 heavy (non-hydrogen) atoms. The fourth-order valence-electron chi connectivity index (χ4n) is 5.10. The Morgan fingerprint density at radius 1 is 0.941 bits per heavy atom. The normalized spacial score (nSPS) is 21.5. The van der Waals surface area contributed by atoms with Gasteiger partial charge in [-0.05, 0) is 35.6 Å². The molecule has 1 aliphatic heterocycles. The molecule has 0 bridgehead atoms. The zero-order valence-electron chi connectivity index (χ0n) is 19.3. The van der Waals surface area contributed by atoms with Gasteiger partial charge >= 0.3 is 0 Å². The molecule has 0 spiro atoms. The Morgan fingerprint density at radius 2 is 1.68 bits per heavy atom. The van der Waals surface area contributed by atoms with Crippen molar-refractivity contribution in [3.05, 3.63) is 84.3 Å². The van der Waals surface area contributed by atoms with Crippen molar-refractivity contribution in [2.24, 2.45) is 5.92 Å². The first-order chi connectivity index (χ1) is 16.7. The highest BCUT2D eigenvalue weighted by Crippen LogP contribution is 2.49. The lowest BCUT2D eigenvalue weighted by Gasteiger charge is -2.37. The molecule has 172 valence electrons. The van der Waals surface area contributed by atoms with Gasteiger partial charge in [-0.3, -0.25) is 9.69 Å². The van der Waals surface area contributed by atoms with Crippen molar-refractivity contribution < 1.29 is 9.32 Å². The third-order valence-electron chi connectivity index (χ3n) is 7.31. The van der Waals surface area contributed by atoms with Crippen LogP contribution in [0.1, 0.15) is 36.8 Å². The summed E-state index contributed by atoms with van der Waals surface area (Å²) in [4.78, 5) is 22.2. The van der Waals surface area contributed by atoms with Gasteiger partial charge in [0.2, 0.25) is 17.6 Å². The zero-order valence-corrected chi connectivity index (χ0v) is 19.3. The van der Waals surface area contributed by atoms with Gasteiger partial charge < -0.3 is 9.42 Å². The lowest BCUT2D eigenvalue weighted by molar-refractivity contribution is -0.134. The number of nitrogens with zero attached hydrogens (tertiary/aromatic N) is 4. The predicted octanol–water partition coefficient (Wildman–Crippen LogP) is 4.90. The molecule has 1 aliphatic carbocycles. The van der Waals surface area contributed by atoms with E-state index >= 15 is 0 Å². The molecule has 3 aromatic carbocycles. The Morgan fingerprint density at radius 3 is 2.47 bits per heavy atom. The van der Waals surface area contributed by atoms with E-state index in [1.165, 1.54) is 16.3 Å². The number of piperazine rings is 1. The molecule has 6 heteroatoms. The van der Waals surface area contributed by atoms with Crippen LogP contribution in [0.25, 0.3) is 22.2 Å². The quantitative estimate of drug-likeness (QED) is 0.431. The maximum Gasteiger partial charge on any atom is 0.244 e. The van der Waals surface area contributed by atoms with E-state index in [-0.39, 0.29) is 12.0 Å². The van der Waals surface area contributed by atoms with Crippen LogP contribution >= 0.6 is 0 Å². The first-order valence-electron chi connectivity index (χ1n) is 12.1. The van der Waals surface area contributed by atoms with Crippen LogP contribution in [-0.2, 0) is 4.79 Å². The highest BCUT2D eigenvalue weighted by atomic mass is 16.5. The highest BCUT2D eigenvalue weighted by Gasteiger charge is 2.46. The maximum absolute atomic E-state index is 13.2. The molecule has 4 aromatic rings. The minimum atomic E-state index is 0.0217. The predicted molar refractivity (Wildman–Crippen MR) is 131 cm³/mol. The summed E-state index contributed by atoms with van der Waals surface area (Å²) in [5, 5.41) is 6.65. The van der Waals surface area contributed by atoms with E-state index in [2.05, 4.69) is 64.4 Å². The molecule has 1 saturated carbocycles. The molecular formula is C28H28N4O2. The number of aromatic nitrogens is 2. The fourth-order valence-corrected chi connectivity index (χ4v) is 5.10.